The topological polar surface area (TPSA) is 12.0 Å². The first kappa shape index (κ1) is 16.2. The Hall–Kier alpha value is -0.820. The van der Waals surface area contributed by atoms with Crippen molar-refractivity contribution in [2.24, 2.45) is 0 Å². The molecule has 0 aliphatic rings. The highest BCUT2D eigenvalue weighted by Gasteiger charge is 2.08. The Balaban J connectivity index is 2.23. The lowest BCUT2D eigenvalue weighted by atomic mass is 10.0. The average Bonchev–Trinajstić information content (AvgIpc) is 2.39. The molecule has 0 heterocycles. The fourth-order valence-corrected chi connectivity index (χ4v) is 2.52. The van der Waals surface area contributed by atoms with Crippen LogP contribution in [-0.4, -0.2) is 6.04 Å². The van der Waals surface area contributed by atoms with Crippen LogP contribution in [0.15, 0.2) is 24.3 Å². The van der Waals surface area contributed by atoms with Crippen LogP contribution in [0.25, 0.3) is 0 Å². The number of rotatable bonds is 9. The van der Waals surface area contributed by atoms with Gasteiger partial charge in [0.15, 0.2) is 0 Å². The lowest BCUT2D eigenvalue weighted by Gasteiger charge is -2.20. The average molecular weight is 261 g/mol. The second-order valence-corrected chi connectivity index (χ2v) is 5.90. The van der Waals surface area contributed by atoms with E-state index < -0.39 is 0 Å². The lowest BCUT2D eigenvalue weighted by molar-refractivity contribution is 0.436. The Morgan fingerprint density at radius 2 is 1.58 bits per heavy atom. The van der Waals surface area contributed by atoms with Gasteiger partial charge in [0.1, 0.15) is 0 Å². The quantitative estimate of drug-likeness (QED) is 0.587. The van der Waals surface area contributed by atoms with Crippen molar-refractivity contribution in [2.75, 3.05) is 0 Å². The first-order valence-electron chi connectivity index (χ1n) is 7.96. The summed E-state index contributed by atoms with van der Waals surface area (Å²) in [6.45, 7) is 8.98. The van der Waals surface area contributed by atoms with E-state index >= 15 is 0 Å². The van der Waals surface area contributed by atoms with E-state index in [0.29, 0.717) is 12.1 Å². The number of unbranched alkanes of at least 4 members (excludes halogenated alkanes) is 4. The Labute approximate surface area is 119 Å². The number of hydrogen-bond acceptors (Lipinski definition) is 1. The molecule has 19 heavy (non-hydrogen) atoms. The molecule has 1 N–H and O–H groups in total. The van der Waals surface area contributed by atoms with Gasteiger partial charge in [-0.25, -0.2) is 0 Å². The first-order valence-corrected chi connectivity index (χ1v) is 7.96. The van der Waals surface area contributed by atoms with E-state index in [9.17, 15) is 0 Å². The summed E-state index contributed by atoms with van der Waals surface area (Å²) >= 11 is 0. The van der Waals surface area contributed by atoms with E-state index in [2.05, 4.69) is 57.3 Å². The molecule has 1 aromatic rings. The standard InChI is InChI=1S/C18H31N/c1-5-6-7-8-9-10-16(3)19-17(4)18-13-11-15(2)12-14-18/h11-14,16-17,19H,5-10H2,1-4H3. The van der Waals surface area contributed by atoms with Crippen LogP contribution in [0, 0.1) is 6.92 Å². The van der Waals surface area contributed by atoms with E-state index in [1.54, 1.807) is 0 Å². The molecular formula is C18H31N. The third-order valence-electron chi connectivity index (χ3n) is 3.85. The molecule has 0 aliphatic heterocycles. The third-order valence-corrected chi connectivity index (χ3v) is 3.85. The summed E-state index contributed by atoms with van der Waals surface area (Å²) in [5, 5.41) is 3.71. The number of benzene rings is 1. The van der Waals surface area contributed by atoms with Gasteiger partial charge in [0.2, 0.25) is 0 Å². The summed E-state index contributed by atoms with van der Waals surface area (Å²) in [5.74, 6) is 0. The zero-order chi connectivity index (χ0) is 14.1. The van der Waals surface area contributed by atoms with Crippen molar-refractivity contribution in [2.45, 2.75) is 78.3 Å². The molecule has 0 amide bonds. The fourth-order valence-electron chi connectivity index (χ4n) is 2.52. The second kappa shape index (κ2) is 9.14. The van der Waals surface area contributed by atoms with Gasteiger partial charge in [-0.15, -0.1) is 0 Å². The molecular weight excluding hydrogens is 230 g/mol. The van der Waals surface area contributed by atoms with Crippen molar-refractivity contribution in [1.82, 2.24) is 5.32 Å². The van der Waals surface area contributed by atoms with E-state index in [1.165, 1.54) is 49.7 Å². The number of aryl methyl sites for hydroxylation is 1. The molecule has 108 valence electrons. The van der Waals surface area contributed by atoms with E-state index in [4.69, 9.17) is 0 Å². The summed E-state index contributed by atoms with van der Waals surface area (Å²) in [6.07, 6.45) is 8.16. The van der Waals surface area contributed by atoms with Crippen LogP contribution in [0.3, 0.4) is 0 Å². The van der Waals surface area contributed by atoms with Gasteiger partial charge in [-0.3, -0.25) is 0 Å². The van der Waals surface area contributed by atoms with Gasteiger partial charge in [0.05, 0.1) is 0 Å². The zero-order valence-electron chi connectivity index (χ0n) is 13.2. The third kappa shape index (κ3) is 6.77. The van der Waals surface area contributed by atoms with Gasteiger partial charge in [-0.2, -0.15) is 0 Å². The van der Waals surface area contributed by atoms with Gasteiger partial charge in [0.25, 0.3) is 0 Å². The molecule has 1 heteroatoms. The van der Waals surface area contributed by atoms with Crippen LogP contribution < -0.4 is 5.32 Å². The fraction of sp³-hybridized carbons (Fsp3) is 0.667. The van der Waals surface area contributed by atoms with Gasteiger partial charge in [-0.1, -0.05) is 68.9 Å². The minimum Gasteiger partial charge on any atom is -0.308 e. The first-order chi connectivity index (χ1) is 9.13. The molecule has 0 saturated carbocycles. The van der Waals surface area contributed by atoms with Crippen LogP contribution in [-0.2, 0) is 0 Å². The molecule has 0 bridgehead atoms. The molecule has 0 spiro atoms. The number of hydrogen-bond donors (Lipinski definition) is 1. The van der Waals surface area contributed by atoms with Gasteiger partial charge in [-0.05, 0) is 32.8 Å². The van der Waals surface area contributed by atoms with E-state index in [-0.39, 0.29) is 0 Å². The van der Waals surface area contributed by atoms with Crippen molar-refractivity contribution in [3.63, 3.8) is 0 Å². The zero-order valence-corrected chi connectivity index (χ0v) is 13.2. The Morgan fingerprint density at radius 1 is 0.947 bits per heavy atom. The highest BCUT2D eigenvalue weighted by atomic mass is 14.9. The smallest absolute Gasteiger partial charge is 0.0294 e. The van der Waals surface area contributed by atoms with Crippen molar-refractivity contribution in [1.29, 1.82) is 0 Å². The van der Waals surface area contributed by atoms with Crippen molar-refractivity contribution < 1.29 is 0 Å². The van der Waals surface area contributed by atoms with Crippen molar-refractivity contribution in [3.8, 4) is 0 Å². The summed E-state index contributed by atoms with van der Waals surface area (Å²) < 4.78 is 0. The largest absolute Gasteiger partial charge is 0.308 e. The molecule has 2 unspecified atom stereocenters. The maximum Gasteiger partial charge on any atom is 0.0294 e. The summed E-state index contributed by atoms with van der Waals surface area (Å²) in [6, 6.07) is 9.93. The van der Waals surface area contributed by atoms with Gasteiger partial charge in [0, 0.05) is 12.1 Å². The highest BCUT2D eigenvalue weighted by molar-refractivity contribution is 5.23. The molecule has 0 radical (unpaired) electrons. The molecule has 1 rings (SSSR count). The van der Waals surface area contributed by atoms with Crippen LogP contribution in [0.5, 0.6) is 0 Å². The summed E-state index contributed by atoms with van der Waals surface area (Å²) in [4.78, 5) is 0. The summed E-state index contributed by atoms with van der Waals surface area (Å²) in [5.41, 5.74) is 2.73. The molecule has 0 aliphatic carbocycles. The Bertz CT molecular complexity index is 328. The predicted molar refractivity (Wildman–Crippen MR) is 85.6 cm³/mol. The molecule has 0 aromatic heterocycles. The Kier molecular flexibility index (Phi) is 7.81. The van der Waals surface area contributed by atoms with Crippen LogP contribution in [0.1, 0.15) is 76.5 Å². The monoisotopic (exact) mass is 261 g/mol. The maximum absolute atomic E-state index is 3.71. The van der Waals surface area contributed by atoms with Gasteiger partial charge >= 0.3 is 0 Å². The van der Waals surface area contributed by atoms with Crippen molar-refractivity contribution >= 4 is 0 Å². The SMILES string of the molecule is CCCCCCCC(C)NC(C)c1ccc(C)cc1. The predicted octanol–water partition coefficient (Wildman–Crippen LogP) is 5.39. The van der Waals surface area contributed by atoms with E-state index in [1.807, 2.05) is 0 Å². The minimum atomic E-state index is 0.450. The Morgan fingerprint density at radius 3 is 2.21 bits per heavy atom. The minimum absolute atomic E-state index is 0.450. The van der Waals surface area contributed by atoms with Gasteiger partial charge < -0.3 is 5.32 Å². The molecule has 1 nitrogen and oxygen atoms in total. The normalized spacial score (nSPS) is 14.3. The van der Waals surface area contributed by atoms with E-state index in [0.717, 1.165) is 0 Å². The highest BCUT2D eigenvalue weighted by Crippen LogP contribution is 2.15. The molecule has 1 aromatic carbocycles. The summed E-state index contributed by atoms with van der Waals surface area (Å²) in [7, 11) is 0. The van der Waals surface area contributed by atoms with Crippen LogP contribution >= 0.6 is 0 Å². The molecule has 0 saturated heterocycles. The molecule has 0 fully saturated rings. The molecule has 2 atom stereocenters. The lowest BCUT2D eigenvalue weighted by Crippen LogP contribution is -2.28. The van der Waals surface area contributed by atoms with Crippen molar-refractivity contribution in [3.05, 3.63) is 35.4 Å². The second-order valence-electron chi connectivity index (χ2n) is 5.90. The maximum atomic E-state index is 3.71. The van der Waals surface area contributed by atoms with Crippen LogP contribution in [0.2, 0.25) is 0 Å². The van der Waals surface area contributed by atoms with Crippen LogP contribution in [0.4, 0.5) is 0 Å². The number of nitrogens with one attached hydrogen (secondary N) is 1.